The van der Waals surface area contributed by atoms with Crippen LogP contribution in [0.4, 0.5) is 24.7 Å². The van der Waals surface area contributed by atoms with E-state index in [4.69, 9.17) is 24.4 Å². The number of hydrogen-bond donors (Lipinski definition) is 2. The monoisotopic (exact) mass is 704 g/mol. The van der Waals surface area contributed by atoms with Crippen LogP contribution in [-0.4, -0.2) is 88.6 Å². The van der Waals surface area contributed by atoms with Crippen molar-refractivity contribution in [3.63, 3.8) is 0 Å². The summed E-state index contributed by atoms with van der Waals surface area (Å²) in [7, 11) is 0. The molecule has 3 aliphatic rings. The second-order valence-corrected chi connectivity index (χ2v) is 12.9. The summed E-state index contributed by atoms with van der Waals surface area (Å²) in [6.07, 6.45) is -4.26. The first kappa shape index (κ1) is 32.7. The van der Waals surface area contributed by atoms with Crippen molar-refractivity contribution in [3.05, 3.63) is 72.2 Å². The Bertz CT molecular complexity index is 2190. The van der Waals surface area contributed by atoms with E-state index in [9.17, 15) is 27.9 Å². The van der Waals surface area contributed by atoms with Crippen molar-refractivity contribution < 1.29 is 46.5 Å². The first-order valence-electron chi connectivity index (χ1n) is 16.2. The SMILES string of the molecule is C[C@@H]1N(c2cc(-c3cccc(C(N)=O)c3)cnc2OC2C[C@@H](C(=O)O)N(c3nc(C(F)(F)F)nc4c3oc3ccccc34)C2)CCOC12COC2. The number of ether oxygens (including phenoxy) is 3. The Kier molecular flexibility index (Phi) is 7.75. The first-order valence-corrected chi connectivity index (χ1v) is 16.2. The predicted octanol–water partition coefficient (Wildman–Crippen LogP) is 4.66. The maximum absolute atomic E-state index is 14.1. The lowest BCUT2D eigenvalue weighted by atomic mass is 9.90. The topological polar surface area (TPSA) is 166 Å². The van der Waals surface area contributed by atoms with Crippen LogP contribution >= 0.6 is 0 Å². The van der Waals surface area contributed by atoms with Gasteiger partial charge in [-0.15, -0.1) is 0 Å². The van der Waals surface area contributed by atoms with Crippen LogP contribution in [0.25, 0.3) is 33.2 Å². The lowest BCUT2D eigenvalue weighted by molar-refractivity contribution is -0.228. The Morgan fingerprint density at radius 2 is 1.86 bits per heavy atom. The molecule has 2 aromatic carbocycles. The number of pyridine rings is 1. The van der Waals surface area contributed by atoms with E-state index in [1.807, 2.05) is 19.1 Å². The van der Waals surface area contributed by atoms with E-state index in [1.165, 1.54) is 4.90 Å². The van der Waals surface area contributed by atoms with Gasteiger partial charge < -0.3 is 39.3 Å². The highest BCUT2D eigenvalue weighted by atomic mass is 19.4. The molecule has 0 radical (unpaired) electrons. The number of primary amides is 1. The van der Waals surface area contributed by atoms with E-state index in [0.29, 0.717) is 54.1 Å². The van der Waals surface area contributed by atoms with E-state index in [-0.39, 0.29) is 47.4 Å². The summed E-state index contributed by atoms with van der Waals surface area (Å²) in [5.41, 5.74) is 7.40. The molecule has 1 spiro atoms. The molecule has 1 unspecified atom stereocenters. The molecule has 3 aromatic heterocycles. The zero-order valence-corrected chi connectivity index (χ0v) is 27.1. The smallest absolute Gasteiger partial charge is 0.451 e. The maximum atomic E-state index is 14.1. The van der Waals surface area contributed by atoms with Crippen LogP contribution in [0, 0.1) is 0 Å². The van der Waals surface area contributed by atoms with Crippen molar-refractivity contribution in [2.24, 2.45) is 5.73 Å². The van der Waals surface area contributed by atoms with Crippen molar-refractivity contribution in [1.82, 2.24) is 15.0 Å². The van der Waals surface area contributed by atoms with Gasteiger partial charge in [-0.2, -0.15) is 13.2 Å². The molecular weight excluding hydrogens is 673 g/mol. The molecule has 51 heavy (non-hydrogen) atoms. The zero-order valence-electron chi connectivity index (χ0n) is 27.1. The number of hydrogen-bond acceptors (Lipinski definition) is 11. The Morgan fingerprint density at radius 1 is 1.06 bits per heavy atom. The number of aromatic nitrogens is 3. The van der Waals surface area contributed by atoms with Gasteiger partial charge in [0.15, 0.2) is 11.4 Å². The van der Waals surface area contributed by atoms with Crippen LogP contribution in [0.2, 0.25) is 0 Å². The van der Waals surface area contributed by atoms with Crippen molar-refractivity contribution >= 4 is 45.5 Å². The minimum absolute atomic E-state index is 0.0624. The number of para-hydroxylation sites is 1. The van der Waals surface area contributed by atoms with Gasteiger partial charge in [-0.3, -0.25) is 4.79 Å². The maximum Gasteiger partial charge on any atom is 0.451 e. The van der Waals surface area contributed by atoms with Gasteiger partial charge in [0, 0.05) is 35.7 Å². The number of alkyl halides is 3. The second kappa shape index (κ2) is 12.1. The summed E-state index contributed by atoms with van der Waals surface area (Å²) in [6, 6.07) is 13.7. The van der Waals surface area contributed by atoms with E-state index in [2.05, 4.69) is 19.9 Å². The van der Waals surface area contributed by atoms with Gasteiger partial charge in [0.1, 0.15) is 34.5 Å². The number of nitrogens with two attached hydrogens (primary N) is 1. The molecule has 3 saturated heterocycles. The fraction of sp³-hybridized carbons (Fsp3) is 0.343. The van der Waals surface area contributed by atoms with E-state index < -0.39 is 41.6 Å². The number of furan rings is 1. The molecule has 1 amide bonds. The number of nitrogens with zero attached hydrogens (tertiary/aromatic N) is 5. The van der Waals surface area contributed by atoms with Gasteiger partial charge >= 0.3 is 12.1 Å². The lowest BCUT2D eigenvalue weighted by Gasteiger charge is -2.53. The minimum Gasteiger partial charge on any atom is -0.480 e. The minimum atomic E-state index is -4.91. The third kappa shape index (κ3) is 5.63. The number of carbonyl (C=O) groups is 2. The molecule has 0 aliphatic carbocycles. The van der Waals surface area contributed by atoms with Crippen molar-refractivity contribution in [3.8, 4) is 17.0 Å². The predicted molar refractivity (Wildman–Crippen MR) is 177 cm³/mol. The van der Waals surface area contributed by atoms with Crippen LogP contribution in [0.1, 0.15) is 29.5 Å². The van der Waals surface area contributed by atoms with E-state index in [0.717, 1.165) is 0 Å². The number of benzene rings is 2. The third-order valence-corrected chi connectivity index (χ3v) is 9.82. The summed E-state index contributed by atoms with van der Waals surface area (Å²) >= 11 is 0. The van der Waals surface area contributed by atoms with Crippen LogP contribution in [0.5, 0.6) is 5.88 Å². The average molecular weight is 705 g/mol. The zero-order chi connectivity index (χ0) is 35.7. The van der Waals surface area contributed by atoms with Crippen molar-refractivity contribution in [2.45, 2.75) is 43.3 Å². The van der Waals surface area contributed by atoms with Gasteiger partial charge in [0.2, 0.25) is 17.6 Å². The highest BCUT2D eigenvalue weighted by molar-refractivity contribution is 6.06. The quantitative estimate of drug-likeness (QED) is 0.241. The Morgan fingerprint density at radius 3 is 2.59 bits per heavy atom. The average Bonchev–Trinajstić information content (AvgIpc) is 3.69. The van der Waals surface area contributed by atoms with Gasteiger partial charge in [-0.1, -0.05) is 24.3 Å². The number of carboxylic acid groups (broad SMARTS) is 1. The first-order chi connectivity index (χ1) is 24.4. The molecule has 3 N–H and O–H groups in total. The van der Waals surface area contributed by atoms with E-state index in [1.54, 1.807) is 48.7 Å². The largest absolute Gasteiger partial charge is 0.480 e. The fourth-order valence-electron chi connectivity index (χ4n) is 7.06. The third-order valence-electron chi connectivity index (χ3n) is 9.82. The molecule has 0 bridgehead atoms. The molecule has 0 saturated carbocycles. The van der Waals surface area contributed by atoms with Crippen LogP contribution in [0.15, 0.2) is 65.2 Å². The highest BCUT2D eigenvalue weighted by Crippen LogP contribution is 2.42. The Hall–Kier alpha value is -5.48. The standard InChI is InChI=1S/C35H31F3N6O7/c1-18-34(16-48-17-34)49-10-9-43(18)24-12-21(19-5-4-6-20(11-19)29(39)45)14-40-31(24)50-22-13-25(32(46)47)44(15-22)30-28-27(41-33(42-30)35(36,37)38)23-7-2-3-8-26(23)51-28/h2-8,11-12,14,18,22,25H,9-10,13,15-17H2,1H3,(H2,39,45)(H,46,47)/t18-,22?,25-/m0/s1. The summed E-state index contributed by atoms with van der Waals surface area (Å²) in [5.74, 6) is -3.38. The number of morpholine rings is 1. The molecule has 5 aromatic rings. The van der Waals surface area contributed by atoms with Gasteiger partial charge in [0.05, 0.1) is 32.4 Å². The van der Waals surface area contributed by atoms with Crippen LogP contribution in [0.3, 0.4) is 0 Å². The number of anilines is 2. The highest BCUT2D eigenvalue weighted by Gasteiger charge is 2.50. The second-order valence-electron chi connectivity index (χ2n) is 12.9. The normalized spacial score (nSPS) is 21.7. The molecule has 6 heterocycles. The van der Waals surface area contributed by atoms with Gasteiger partial charge in [0.25, 0.3) is 0 Å². The number of amides is 1. The van der Waals surface area contributed by atoms with Crippen molar-refractivity contribution in [1.29, 1.82) is 0 Å². The number of aliphatic carboxylic acids is 1. The number of fused-ring (bicyclic) bond motifs is 3. The van der Waals surface area contributed by atoms with Crippen LogP contribution in [-0.2, 0) is 20.4 Å². The number of rotatable bonds is 7. The molecule has 3 atom stereocenters. The molecule has 3 aliphatic heterocycles. The molecule has 13 nitrogen and oxygen atoms in total. The summed E-state index contributed by atoms with van der Waals surface area (Å²) < 4.78 is 66.3. The molecule has 3 fully saturated rings. The Labute approximate surface area is 287 Å². The van der Waals surface area contributed by atoms with Gasteiger partial charge in [-0.05, 0) is 42.8 Å². The number of carbonyl (C=O) groups excluding carboxylic acids is 1. The summed E-state index contributed by atoms with van der Waals surface area (Å²) in [5, 5.41) is 10.6. The Balaban J connectivity index is 1.18. The molecular formula is C35H31F3N6O7. The van der Waals surface area contributed by atoms with Crippen LogP contribution < -0.4 is 20.3 Å². The molecule has 16 heteroatoms. The summed E-state index contributed by atoms with van der Waals surface area (Å²) in [4.78, 5) is 40.2. The molecule has 264 valence electrons. The van der Waals surface area contributed by atoms with Crippen molar-refractivity contribution in [2.75, 3.05) is 42.7 Å². The lowest BCUT2D eigenvalue weighted by Crippen LogP contribution is -2.68. The van der Waals surface area contributed by atoms with Gasteiger partial charge in [-0.25, -0.2) is 19.7 Å². The fourth-order valence-corrected chi connectivity index (χ4v) is 7.06. The molecule has 8 rings (SSSR count). The number of carboxylic acids is 1. The van der Waals surface area contributed by atoms with E-state index >= 15 is 0 Å². The summed E-state index contributed by atoms with van der Waals surface area (Å²) in [6.45, 7) is 3.55. The number of halogens is 3.